The van der Waals surface area contributed by atoms with Crippen LogP contribution in [-0.2, 0) is 33.1 Å². The summed E-state index contributed by atoms with van der Waals surface area (Å²) in [4.78, 5) is 71.7. The topological polar surface area (TPSA) is 216 Å². The molecule has 0 radical (unpaired) electrons. The van der Waals surface area contributed by atoms with Crippen molar-refractivity contribution < 1.29 is 48.1 Å². The first-order valence-corrected chi connectivity index (χ1v) is 23.9. The lowest BCUT2D eigenvalue weighted by Gasteiger charge is -2.43. The van der Waals surface area contributed by atoms with Crippen molar-refractivity contribution in [3.05, 3.63) is 76.7 Å². The van der Waals surface area contributed by atoms with E-state index in [2.05, 4.69) is 15.6 Å². The highest BCUT2D eigenvalue weighted by molar-refractivity contribution is 7.09. The number of aliphatic hydroxyl groups is 1. The van der Waals surface area contributed by atoms with Gasteiger partial charge in [0.1, 0.15) is 33.6 Å². The Hall–Kier alpha value is -3.90. The molecule has 2 amide bonds. The first-order valence-electron chi connectivity index (χ1n) is 20.4. The number of rotatable bonds is 22. The van der Waals surface area contributed by atoms with Gasteiger partial charge >= 0.3 is 17.9 Å². The summed E-state index contributed by atoms with van der Waals surface area (Å²) in [5.41, 5.74) is 2.57. The molecule has 0 bridgehead atoms. The van der Waals surface area contributed by atoms with Gasteiger partial charge < -0.3 is 40.5 Å². The quantitative estimate of drug-likeness (QED) is 0.0469. The Kier molecular flexibility index (Phi) is 18.3. The zero-order chi connectivity index (χ0) is 46.8. The molecule has 0 spiro atoms. The standard InChI is InChI=1S/C44H62Cl2N4O10SSi/c1-27(2)34(47)38-50-31(26-61-38)39(55)59-32(22-17-23-44(10,45)46)42(6,7)40(56)60-35(43(8,9)57)37(54)49-30(36(53)48-24-33(51)52)25-58-62(41(3,4)5,28-18-13-11-14-19-28)29-20-15-12-16-21-29/h11-16,18-21,26-27,30,32,34-35,57H,17,22-25,47H2,1-10H3,(H,48,53)(H,49,54)(H,51,52)/t30-,32+,34+,35-/m1/s1. The number of alkyl halides is 2. The third kappa shape index (κ3) is 14.0. The number of carboxylic acid groups (broad SMARTS) is 1. The molecule has 3 rings (SSSR count). The van der Waals surface area contributed by atoms with Gasteiger partial charge in [0.15, 0.2) is 5.69 Å². The predicted molar refractivity (Wildman–Crippen MR) is 243 cm³/mol. The van der Waals surface area contributed by atoms with Crippen molar-refractivity contribution in [2.24, 2.45) is 17.1 Å². The van der Waals surface area contributed by atoms with E-state index in [0.717, 1.165) is 10.4 Å². The number of amides is 2. The summed E-state index contributed by atoms with van der Waals surface area (Å²) in [5.74, 6) is -5.08. The van der Waals surface area contributed by atoms with E-state index in [1.807, 2.05) is 95.3 Å². The fourth-order valence-electron chi connectivity index (χ4n) is 6.77. The van der Waals surface area contributed by atoms with Crippen LogP contribution in [0.1, 0.15) is 110 Å². The molecule has 0 saturated carbocycles. The van der Waals surface area contributed by atoms with Gasteiger partial charge in [-0.2, -0.15) is 0 Å². The summed E-state index contributed by atoms with van der Waals surface area (Å²) < 4.78 is 17.5. The number of ether oxygens (including phenoxy) is 2. The Bertz CT molecular complexity index is 1940. The number of nitrogens with two attached hydrogens (primary N) is 1. The fourth-order valence-corrected chi connectivity index (χ4v) is 12.6. The number of benzene rings is 2. The van der Waals surface area contributed by atoms with Gasteiger partial charge in [0.05, 0.1) is 18.1 Å². The van der Waals surface area contributed by atoms with E-state index < -0.39 is 95.9 Å². The molecule has 1 aromatic heterocycles. The third-order valence-corrected chi connectivity index (χ3v) is 16.8. The van der Waals surface area contributed by atoms with Crippen molar-refractivity contribution in [3.8, 4) is 0 Å². The van der Waals surface area contributed by atoms with E-state index in [1.165, 1.54) is 44.4 Å². The van der Waals surface area contributed by atoms with E-state index in [4.69, 9.17) is 42.8 Å². The average molecular weight is 938 g/mol. The zero-order valence-corrected chi connectivity index (χ0v) is 40.5. The number of carbonyl (C=O) groups is 5. The van der Waals surface area contributed by atoms with E-state index in [1.54, 1.807) is 6.92 Å². The van der Waals surface area contributed by atoms with Crippen LogP contribution in [0.4, 0.5) is 0 Å². The van der Waals surface area contributed by atoms with E-state index in [9.17, 15) is 34.2 Å². The van der Waals surface area contributed by atoms with Gasteiger partial charge in [-0.15, -0.1) is 34.5 Å². The number of hydrogen-bond acceptors (Lipinski definition) is 12. The Morgan fingerprint density at radius 3 is 1.89 bits per heavy atom. The molecular formula is C44H62Cl2N4O10SSi. The van der Waals surface area contributed by atoms with Crippen molar-refractivity contribution in [3.63, 3.8) is 0 Å². The van der Waals surface area contributed by atoms with Crippen LogP contribution in [0.25, 0.3) is 0 Å². The Labute approximate surface area is 379 Å². The second-order valence-electron chi connectivity index (χ2n) is 18.0. The molecule has 0 unspecified atom stereocenters. The highest BCUT2D eigenvalue weighted by atomic mass is 35.5. The van der Waals surface area contributed by atoms with Crippen LogP contribution in [0.15, 0.2) is 66.0 Å². The van der Waals surface area contributed by atoms with Crippen molar-refractivity contribution in [1.82, 2.24) is 15.6 Å². The minimum atomic E-state index is -3.30. The SMILES string of the molecule is CC(C)[C@H](N)c1nc(C(=O)O[C@@H](CCCC(C)(Cl)Cl)C(C)(C)C(=O)O[C@H](C(=O)N[C@H](CO[Si](c2ccccc2)(c2ccccc2)C(C)(C)C)C(=O)NCC(=O)O)C(C)(C)O)cs1. The van der Waals surface area contributed by atoms with Crippen LogP contribution in [-0.4, -0.2) is 94.6 Å². The number of aromatic nitrogens is 1. The summed E-state index contributed by atoms with van der Waals surface area (Å²) in [7, 11) is -3.30. The Balaban J connectivity index is 1.99. The van der Waals surface area contributed by atoms with Gasteiger partial charge in [0.2, 0.25) is 12.0 Å². The molecule has 14 nitrogen and oxygen atoms in total. The van der Waals surface area contributed by atoms with Crippen molar-refractivity contribution in [1.29, 1.82) is 0 Å². The normalized spacial score (nSPS) is 14.6. The number of carboxylic acids is 1. The molecular weight excluding hydrogens is 876 g/mol. The molecule has 18 heteroatoms. The maximum absolute atomic E-state index is 14.3. The van der Waals surface area contributed by atoms with Crippen molar-refractivity contribution in [2.75, 3.05) is 13.2 Å². The lowest BCUT2D eigenvalue weighted by Crippen LogP contribution is -2.68. The molecule has 2 aromatic carbocycles. The van der Waals surface area contributed by atoms with Gasteiger partial charge in [0.25, 0.3) is 14.2 Å². The zero-order valence-electron chi connectivity index (χ0n) is 37.1. The number of thiazole rings is 1. The van der Waals surface area contributed by atoms with E-state index in [0.29, 0.717) is 11.4 Å². The largest absolute Gasteiger partial charge is 0.480 e. The molecule has 0 aliphatic rings. The number of halogens is 2. The summed E-state index contributed by atoms with van der Waals surface area (Å²) >= 11 is 13.7. The second-order valence-corrected chi connectivity index (χ2v) is 25.1. The molecule has 62 heavy (non-hydrogen) atoms. The predicted octanol–water partition coefficient (Wildman–Crippen LogP) is 5.66. The number of esters is 2. The Morgan fingerprint density at radius 2 is 1.42 bits per heavy atom. The molecule has 1 heterocycles. The van der Waals surface area contributed by atoms with E-state index >= 15 is 0 Å². The smallest absolute Gasteiger partial charge is 0.358 e. The molecule has 0 aliphatic heterocycles. The third-order valence-electron chi connectivity index (χ3n) is 10.4. The molecule has 0 aliphatic carbocycles. The van der Waals surface area contributed by atoms with Crippen LogP contribution in [0.2, 0.25) is 5.04 Å². The average Bonchev–Trinajstić information content (AvgIpc) is 3.68. The van der Waals surface area contributed by atoms with Crippen LogP contribution in [0.3, 0.4) is 0 Å². The number of nitrogens with one attached hydrogen (secondary N) is 2. The molecule has 342 valence electrons. The minimum Gasteiger partial charge on any atom is -0.480 e. The summed E-state index contributed by atoms with van der Waals surface area (Å²) in [5, 5.41) is 28.9. The molecule has 3 aromatic rings. The number of carbonyl (C=O) groups excluding carboxylic acids is 4. The van der Waals surface area contributed by atoms with Crippen LogP contribution in [0.5, 0.6) is 0 Å². The lowest BCUT2D eigenvalue weighted by atomic mass is 9.83. The molecule has 0 fully saturated rings. The van der Waals surface area contributed by atoms with Crippen LogP contribution in [0, 0.1) is 11.3 Å². The summed E-state index contributed by atoms with van der Waals surface area (Å²) in [6.45, 7) is 15.8. The van der Waals surface area contributed by atoms with Gasteiger partial charge in [-0.05, 0) is 75.2 Å². The van der Waals surface area contributed by atoms with E-state index in [-0.39, 0.29) is 24.5 Å². The van der Waals surface area contributed by atoms with Gasteiger partial charge in [0, 0.05) is 5.38 Å². The summed E-state index contributed by atoms with van der Waals surface area (Å²) in [6.07, 6.45) is -2.42. The Morgan fingerprint density at radius 1 is 0.871 bits per heavy atom. The van der Waals surface area contributed by atoms with Crippen molar-refractivity contribution >= 4 is 83.0 Å². The van der Waals surface area contributed by atoms with Gasteiger partial charge in [-0.25, -0.2) is 9.78 Å². The van der Waals surface area contributed by atoms with Gasteiger partial charge in [-0.1, -0.05) is 95.3 Å². The van der Waals surface area contributed by atoms with Crippen LogP contribution < -0.4 is 26.7 Å². The molecule has 0 saturated heterocycles. The fraction of sp³-hybridized carbons (Fsp3) is 0.545. The number of hydrogen-bond donors (Lipinski definition) is 5. The maximum Gasteiger partial charge on any atom is 0.358 e. The highest BCUT2D eigenvalue weighted by Crippen LogP contribution is 2.37. The first kappa shape index (κ1) is 52.4. The first-order chi connectivity index (χ1) is 28.6. The molecule has 4 atom stereocenters. The monoisotopic (exact) mass is 936 g/mol. The van der Waals surface area contributed by atoms with Crippen LogP contribution >= 0.6 is 34.5 Å². The van der Waals surface area contributed by atoms with Gasteiger partial charge in [-0.3, -0.25) is 19.2 Å². The van der Waals surface area contributed by atoms with Crippen molar-refractivity contribution in [2.45, 2.75) is 128 Å². The second kappa shape index (κ2) is 21.7. The summed E-state index contributed by atoms with van der Waals surface area (Å²) in [6, 6.07) is 17.1. The number of aliphatic carboxylic acids is 1. The minimum absolute atomic E-state index is 0.00366. The number of nitrogens with zero attached hydrogens (tertiary/aromatic N) is 1. The maximum atomic E-state index is 14.3. The highest BCUT2D eigenvalue weighted by Gasteiger charge is 2.51. The lowest BCUT2D eigenvalue weighted by molar-refractivity contribution is -0.183. The molecule has 6 N–H and O–H groups in total.